The Balaban J connectivity index is 1.64. The van der Waals surface area contributed by atoms with Gasteiger partial charge in [0.15, 0.2) is 11.5 Å². The van der Waals surface area contributed by atoms with E-state index in [0.717, 1.165) is 15.6 Å². The van der Waals surface area contributed by atoms with Gasteiger partial charge in [-0.1, -0.05) is 45.7 Å². The summed E-state index contributed by atoms with van der Waals surface area (Å²) < 4.78 is 11.4. The van der Waals surface area contributed by atoms with Crippen molar-refractivity contribution in [3.63, 3.8) is 0 Å². The number of fused-ring (bicyclic) bond motifs is 1. The fourth-order valence-corrected chi connectivity index (χ4v) is 2.77. The molecular formula is C17H13BrClNO3. The van der Waals surface area contributed by atoms with Crippen LogP contribution in [0.3, 0.4) is 0 Å². The molecule has 0 saturated heterocycles. The highest BCUT2D eigenvalue weighted by Crippen LogP contribution is 2.37. The molecule has 6 heteroatoms. The van der Waals surface area contributed by atoms with E-state index in [2.05, 4.69) is 21.2 Å². The van der Waals surface area contributed by atoms with Crippen LogP contribution in [0.5, 0.6) is 11.5 Å². The van der Waals surface area contributed by atoms with Crippen molar-refractivity contribution in [3.8, 4) is 11.5 Å². The van der Waals surface area contributed by atoms with Crippen LogP contribution in [0.25, 0.3) is 6.08 Å². The number of hydrogen-bond acceptors (Lipinski definition) is 3. The number of carbonyl (C=O) groups excluding carboxylic acids is 1. The lowest BCUT2D eigenvalue weighted by Crippen LogP contribution is -2.20. The molecule has 1 heterocycles. The first kappa shape index (κ1) is 15.9. The molecule has 1 aliphatic rings. The summed E-state index contributed by atoms with van der Waals surface area (Å²) in [5.74, 6) is 1.16. The SMILES string of the molecule is O=C(C=Cc1cc2c(cc1Br)OCO2)NCc1ccccc1Cl. The molecule has 0 fully saturated rings. The number of hydrogen-bond donors (Lipinski definition) is 1. The predicted molar refractivity (Wildman–Crippen MR) is 92.6 cm³/mol. The van der Waals surface area contributed by atoms with Crippen LogP contribution in [0.2, 0.25) is 5.02 Å². The quantitative estimate of drug-likeness (QED) is 0.792. The Morgan fingerprint density at radius 3 is 2.78 bits per heavy atom. The van der Waals surface area contributed by atoms with E-state index < -0.39 is 0 Å². The Kier molecular flexibility index (Phi) is 4.88. The Hall–Kier alpha value is -1.98. The molecule has 0 aliphatic carbocycles. The van der Waals surface area contributed by atoms with E-state index in [1.54, 1.807) is 12.1 Å². The summed E-state index contributed by atoms with van der Waals surface area (Å²) in [6.45, 7) is 0.596. The highest BCUT2D eigenvalue weighted by molar-refractivity contribution is 9.10. The molecule has 1 N–H and O–H groups in total. The van der Waals surface area contributed by atoms with Crippen molar-refractivity contribution >= 4 is 39.5 Å². The molecule has 0 saturated carbocycles. The van der Waals surface area contributed by atoms with Gasteiger partial charge >= 0.3 is 0 Å². The fraction of sp³-hybridized carbons (Fsp3) is 0.118. The van der Waals surface area contributed by atoms with Crippen LogP contribution < -0.4 is 14.8 Å². The molecule has 0 unspecified atom stereocenters. The summed E-state index contributed by atoms with van der Waals surface area (Å²) in [5, 5.41) is 3.43. The van der Waals surface area contributed by atoms with Gasteiger partial charge in [-0.3, -0.25) is 4.79 Å². The molecule has 0 spiro atoms. The maximum atomic E-state index is 11.9. The highest BCUT2D eigenvalue weighted by Gasteiger charge is 2.15. The molecule has 118 valence electrons. The van der Waals surface area contributed by atoms with Crippen molar-refractivity contribution in [1.82, 2.24) is 5.32 Å². The smallest absolute Gasteiger partial charge is 0.244 e. The maximum Gasteiger partial charge on any atom is 0.244 e. The van der Waals surface area contributed by atoms with Gasteiger partial charge in [-0.25, -0.2) is 0 Å². The van der Waals surface area contributed by atoms with Crippen molar-refractivity contribution in [2.24, 2.45) is 0 Å². The lowest BCUT2D eigenvalue weighted by molar-refractivity contribution is -0.116. The minimum Gasteiger partial charge on any atom is -0.454 e. The summed E-state index contributed by atoms with van der Waals surface area (Å²) in [7, 11) is 0. The van der Waals surface area contributed by atoms with E-state index in [9.17, 15) is 4.79 Å². The van der Waals surface area contributed by atoms with Gasteiger partial charge in [-0.05, 0) is 35.4 Å². The number of benzene rings is 2. The van der Waals surface area contributed by atoms with Crippen molar-refractivity contribution in [1.29, 1.82) is 0 Å². The number of amides is 1. The normalized spacial score (nSPS) is 12.6. The molecule has 1 amide bonds. The van der Waals surface area contributed by atoms with E-state index in [1.807, 2.05) is 30.3 Å². The zero-order chi connectivity index (χ0) is 16.2. The number of ether oxygens (including phenoxy) is 2. The van der Waals surface area contributed by atoms with Crippen molar-refractivity contribution in [2.75, 3.05) is 6.79 Å². The van der Waals surface area contributed by atoms with Crippen LogP contribution in [-0.4, -0.2) is 12.7 Å². The lowest BCUT2D eigenvalue weighted by atomic mass is 10.2. The molecule has 0 atom stereocenters. The molecule has 0 radical (unpaired) electrons. The van der Waals surface area contributed by atoms with Gasteiger partial charge in [0.05, 0.1) is 0 Å². The number of halogens is 2. The maximum absolute atomic E-state index is 11.9. The molecule has 23 heavy (non-hydrogen) atoms. The third kappa shape index (κ3) is 3.86. The minimum atomic E-state index is -0.200. The summed E-state index contributed by atoms with van der Waals surface area (Å²) >= 11 is 9.50. The fourth-order valence-electron chi connectivity index (χ4n) is 2.11. The van der Waals surface area contributed by atoms with Crippen molar-refractivity contribution in [2.45, 2.75) is 6.54 Å². The van der Waals surface area contributed by atoms with Gasteiger partial charge in [0.1, 0.15) is 0 Å². The predicted octanol–water partition coefficient (Wildman–Crippen LogP) is 4.16. The van der Waals surface area contributed by atoms with Crippen LogP contribution in [-0.2, 0) is 11.3 Å². The van der Waals surface area contributed by atoms with Crippen LogP contribution in [0.4, 0.5) is 0 Å². The van der Waals surface area contributed by atoms with Gasteiger partial charge < -0.3 is 14.8 Å². The van der Waals surface area contributed by atoms with Gasteiger partial charge in [0.25, 0.3) is 0 Å². The van der Waals surface area contributed by atoms with E-state index in [4.69, 9.17) is 21.1 Å². The Labute approximate surface area is 147 Å². The molecule has 3 rings (SSSR count). The third-order valence-corrected chi connectivity index (χ3v) is 4.37. The zero-order valence-corrected chi connectivity index (χ0v) is 14.4. The summed E-state index contributed by atoms with van der Waals surface area (Å²) in [5.41, 5.74) is 1.71. The average molecular weight is 395 g/mol. The molecule has 1 aliphatic heterocycles. The highest BCUT2D eigenvalue weighted by atomic mass is 79.9. The molecule has 2 aromatic carbocycles. The second-order valence-electron chi connectivity index (χ2n) is 4.87. The van der Waals surface area contributed by atoms with E-state index in [1.165, 1.54) is 6.08 Å². The Morgan fingerprint density at radius 1 is 1.26 bits per heavy atom. The van der Waals surface area contributed by atoms with E-state index in [0.29, 0.717) is 23.1 Å². The Morgan fingerprint density at radius 2 is 2.00 bits per heavy atom. The average Bonchev–Trinajstić information content (AvgIpc) is 2.99. The molecule has 0 aromatic heterocycles. The monoisotopic (exact) mass is 393 g/mol. The van der Waals surface area contributed by atoms with Gasteiger partial charge in [0.2, 0.25) is 12.7 Å². The first-order chi connectivity index (χ1) is 11.1. The van der Waals surface area contributed by atoms with Crippen molar-refractivity contribution in [3.05, 3.63) is 63.1 Å². The van der Waals surface area contributed by atoms with Gasteiger partial charge in [-0.15, -0.1) is 0 Å². The minimum absolute atomic E-state index is 0.200. The standard InChI is InChI=1S/C17H13BrClNO3/c18-13-8-16-15(22-10-23-16)7-11(13)5-6-17(21)20-9-12-3-1-2-4-14(12)19/h1-8H,9-10H2,(H,20,21). The zero-order valence-electron chi connectivity index (χ0n) is 12.0. The van der Waals surface area contributed by atoms with Crippen LogP contribution in [0.15, 0.2) is 46.9 Å². The topological polar surface area (TPSA) is 47.6 Å². The second-order valence-corrected chi connectivity index (χ2v) is 6.13. The second kappa shape index (κ2) is 7.06. The lowest BCUT2D eigenvalue weighted by Gasteiger charge is -2.05. The summed E-state index contributed by atoms with van der Waals surface area (Å²) in [6, 6.07) is 11.1. The number of rotatable bonds is 4. The molecular weight excluding hydrogens is 382 g/mol. The first-order valence-electron chi connectivity index (χ1n) is 6.92. The van der Waals surface area contributed by atoms with Gasteiger partial charge in [0, 0.05) is 22.1 Å². The summed E-state index contributed by atoms with van der Waals surface area (Å²) in [4.78, 5) is 11.9. The molecule has 0 bridgehead atoms. The molecule has 4 nitrogen and oxygen atoms in total. The van der Waals surface area contributed by atoms with E-state index in [-0.39, 0.29) is 12.7 Å². The van der Waals surface area contributed by atoms with Crippen LogP contribution in [0.1, 0.15) is 11.1 Å². The molecule has 2 aromatic rings. The first-order valence-corrected chi connectivity index (χ1v) is 8.09. The number of carbonyl (C=O) groups is 1. The van der Waals surface area contributed by atoms with Crippen molar-refractivity contribution < 1.29 is 14.3 Å². The van der Waals surface area contributed by atoms with E-state index >= 15 is 0 Å². The largest absolute Gasteiger partial charge is 0.454 e. The van der Waals surface area contributed by atoms with Gasteiger partial charge in [-0.2, -0.15) is 0 Å². The number of nitrogens with one attached hydrogen (secondary N) is 1. The van der Waals surface area contributed by atoms with Crippen LogP contribution in [0, 0.1) is 0 Å². The third-order valence-electron chi connectivity index (χ3n) is 3.32. The van der Waals surface area contributed by atoms with Crippen LogP contribution >= 0.6 is 27.5 Å². The Bertz CT molecular complexity index is 776. The summed E-state index contributed by atoms with van der Waals surface area (Å²) in [6.07, 6.45) is 3.19.